The Bertz CT molecular complexity index is 836. The molecule has 8 heteroatoms. The minimum Gasteiger partial charge on any atom is -0.358 e. The first-order valence-corrected chi connectivity index (χ1v) is 8.93. The molecule has 0 saturated carbocycles. The summed E-state index contributed by atoms with van der Waals surface area (Å²) >= 11 is 6.37. The fourth-order valence-electron chi connectivity index (χ4n) is 1.95. The van der Waals surface area contributed by atoms with Gasteiger partial charge in [-0.25, -0.2) is 0 Å². The van der Waals surface area contributed by atoms with Gasteiger partial charge in [0.05, 0.1) is 16.0 Å². The Labute approximate surface area is 161 Å². The number of hydrogen-bond acceptors (Lipinski definition) is 5. The molecule has 0 aliphatic carbocycles. The van der Waals surface area contributed by atoms with Gasteiger partial charge in [0, 0.05) is 23.1 Å². The largest absolute Gasteiger partial charge is 0.358 e. The van der Waals surface area contributed by atoms with Crippen LogP contribution in [0.15, 0.2) is 70.0 Å². The average molecular weight is 387 g/mol. The van der Waals surface area contributed by atoms with Crippen LogP contribution < -0.4 is 10.7 Å². The maximum atomic E-state index is 11.4. The van der Waals surface area contributed by atoms with E-state index in [1.54, 1.807) is 18.2 Å². The summed E-state index contributed by atoms with van der Waals surface area (Å²) in [6.45, 7) is 6.10. The molecule has 0 radical (unpaired) electrons. The summed E-state index contributed by atoms with van der Waals surface area (Å²) in [5.41, 5.74) is 4.42. The van der Waals surface area contributed by atoms with Crippen molar-refractivity contribution < 1.29 is 4.92 Å². The van der Waals surface area contributed by atoms with E-state index >= 15 is 0 Å². The molecule has 0 unspecified atom stereocenters. The molecule has 2 rings (SSSR count). The molecular formula is C18H18N4O2S2. The average Bonchev–Trinajstić information content (AvgIpc) is 2.62. The molecule has 0 spiro atoms. The van der Waals surface area contributed by atoms with Gasteiger partial charge in [-0.05, 0) is 37.3 Å². The van der Waals surface area contributed by atoms with E-state index in [0.717, 1.165) is 10.5 Å². The van der Waals surface area contributed by atoms with Gasteiger partial charge in [0.25, 0.3) is 5.69 Å². The topological polar surface area (TPSA) is 79.6 Å². The van der Waals surface area contributed by atoms with Crippen molar-refractivity contribution in [3.63, 3.8) is 0 Å². The minimum atomic E-state index is -0.391. The van der Waals surface area contributed by atoms with Crippen LogP contribution in [0.1, 0.15) is 11.1 Å². The molecule has 0 aromatic heterocycles. The van der Waals surface area contributed by atoms with Crippen LogP contribution in [0.3, 0.4) is 0 Å². The molecule has 0 aliphatic rings. The Kier molecular flexibility index (Phi) is 7.31. The summed E-state index contributed by atoms with van der Waals surface area (Å²) < 4.78 is 0. The third-order valence-corrected chi connectivity index (χ3v) is 4.52. The highest BCUT2D eigenvalue weighted by Crippen LogP contribution is 2.35. The van der Waals surface area contributed by atoms with Crippen LogP contribution in [0.4, 0.5) is 5.69 Å². The summed E-state index contributed by atoms with van der Waals surface area (Å²) in [5.74, 6) is 0. The van der Waals surface area contributed by atoms with Crippen molar-refractivity contribution in [1.29, 1.82) is 0 Å². The van der Waals surface area contributed by atoms with E-state index in [4.69, 9.17) is 12.2 Å². The molecule has 6 nitrogen and oxygen atoms in total. The molecule has 0 amide bonds. The van der Waals surface area contributed by atoms with Gasteiger partial charge in [0.1, 0.15) is 0 Å². The normalized spacial score (nSPS) is 10.5. The van der Waals surface area contributed by atoms with Crippen LogP contribution in [0.5, 0.6) is 0 Å². The highest BCUT2D eigenvalue weighted by molar-refractivity contribution is 7.99. The molecular weight excluding hydrogens is 368 g/mol. The predicted molar refractivity (Wildman–Crippen MR) is 110 cm³/mol. The molecule has 0 fully saturated rings. The number of nitro benzene ring substituents is 1. The monoisotopic (exact) mass is 386 g/mol. The number of thiocarbonyl (C=S) groups is 1. The Morgan fingerprint density at radius 3 is 2.73 bits per heavy atom. The zero-order chi connectivity index (χ0) is 18.9. The number of hydrogen-bond donors (Lipinski definition) is 2. The van der Waals surface area contributed by atoms with Gasteiger partial charge in [0.15, 0.2) is 5.11 Å². The number of hydrazone groups is 1. The molecule has 0 aliphatic heterocycles. The van der Waals surface area contributed by atoms with E-state index < -0.39 is 4.92 Å². The number of rotatable bonds is 7. The van der Waals surface area contributed by atoms with Gasteiger partial charge in [-0.2, -0.15) is 5.10 Å². The Hall–Kier alpha value is -2.71. The third kappa shape index (κ3) is 5.98. The van der Waals surface area contributed by atoms with Crippen molar-refractivity contribution >= 4 is 41.0 Å². The zero-order valence-corrected chi connectivity index (χ0v) is 15.8. The second-order valence-electron chi connectivity index (χ2n) is 5.27. The maximum absolute atomic E-state index is 11.4. The number of nitrogens with one attached hydrogen (secondary N) is 2. The van der Waals surface area contributed by atoms with E-state index in [9.17, 15) is 10.1 Å². The van der Waals surface area contributed by atoms with E-state index in [0.29, 0.717) is 22.1 Å². The summed E-state index contributed by atoms with van der Waals surface area (Å²) in [4.78, 5) is 12.5. The fraction of sp³-hybridized carbons (Fsp3) is 0.111. The van der Waals surface area contributed by atoms with Crippen molar-refractivity contribution in [1.82, 2.24) is 10.7 Å². The zero-order valence-electron chi connectivity index (χ0n) is 14.1. The molecule has 0 atom stereocenters. The third-order valence-electron chi connectivity index (χ3n) is 3.22. The van der Waals surface area contributed by atoms with E-state index in [2.05, 4.69) is 22.4 Å². The predicted octanol–water partition coefficient (Wildman–Crippen LogP) is 4.04. The van der Waals surface area contributed by atoms with Crippen LogP contribution in [0.2, 0.25) is 0 Å². The van der Waals surface area contributed by atoms with E-state index in [-0.39, 0.29) is 5.69 Å². The number of nitrogens with zero attached hydrogens (tertiary/aromatic N) is 2. The smallest absolute Gasteiger partial charge is 0.283 e. The van der Waals surface area contributed by atoms with Crippen LogP contribution in [0.25, 0.3) is 0 Å². The lowest BCUT2D eigenvalue weighted by atomic mass is 10.2. The van der Waals surface area contributed by atoms with Crippen molar-refractivity contribution in [2.75, 3.05) is 6.54 Å². The number of nitro groups is 1. The van der Waals surface area contributed by atoms with Gasteiger partial charge >= 0.3 is 0 Å². The van der Waals surface area contributed by atoms with Crippen LogP contribution in [-0.2, 0) is 0 Å². The van der Waals surface area contributed by atoms with E-state index in [1.165, 1.54) is 24.0 Å². The van der Waals surface area contributed by atoms with Gasteiger partial charge in [-0.1, -0.05) is 41.6 Å². The molecule has 2 N–H and O–H groups in total. The second kappa shape index (κ2) is 9.69. The van der Waals surface area contributed by atoms with E-state index in [1.807, 2.05) is 31.2 Å². The number of aryl methyl sites for hydroxylation is 1. The van der Waals surface area contributed by atoms with Crippen LogP contribution in [-0.4, -0.2) is 22.8 Å². The SMILES string of the molecule is C=CCNC(=S)NN=Cc1ccc(Sc2ccc(C)cc2)c([N+](=O)[O-])c1. The lowest BCUT2D eigenvalue weighted by molar-refractivity contribution is -0.387. The standard InChI is InChI=1S/C18H18N4O2S2/c1-3-10-19-18(25)21-20-12-14-6-9-17(16(11-14)22(23)24)26-15-7-4-13(2)5-8-15/h3-9,11-12H,1,10H2,2H3,(H2,19,21,25). The molecule has 2 aromatic carbocycles. The van der Waals surface area contributed by atoms with Gasteiger partial charge < -0.3 is 5.32 Å². The highest BCUT2D eigenvalue weighted by Gasteiger charge is 2.15. The van der Waals surface area contributed by atoms with Gasteiger partial charge in [0.2, 0.25) is 0 Å². The Morgan fingerprint density at radius 1 is 1.35 bits per heavy atom. The van der Waals surface area contributed by atoms with Crippen molar-refractivity contribution in [2.45, 2.75) is 16.7 Å². The molecule has 2 aromatic rings. The van der Waals surface area contributed by atoms with Crippen molar-refractivity contribution in [3.05, 3.63) is 76.4 Å². The molecule has 0 saturated heterocycles. The molecule has 134 valence electrons. The Balaban J connectivity index is 2.12. The molecule has 0 heterocycles. The quantitative estimate of drug-likeness (QED) is 0.246. The lowest BCUT2D eigenvalue weighted by Gasteiger charge is -2.05. The highest BCUT2D eigenvalue weighted by atomic mass is 32.2. The first-order chi connectivity index (χ1) is 12.5. The molecule has 0 bridgehead atoms. The Morgan fingerprint density at radius 2 is 2.08 bits per heavy atom. The number of benzene rings is 2. The maximum Gasteiger partial charge on any atom is 0.283 e. The van der Waals surface area contributed by atoms with Crippen LogP contribution in [0, 0.1) is 17.0 Å². The fourth-order valence-corrected chi connectivity index (χ4v) is 2.98. The van der Waals surface area contributed by atoms with Crippen molar-refractivity contribution in [3.8, 4) is 0 Å². The summed E-state index contributed by atoms with van der Waals surface area (Å²) in [5, 5.41) is 18.6. The lowest BCUT2D eigenvalue weighted by Crippen LogP contribution is -2.31. The van der Waals surface area contributed by atoms with Crippen LogP contribution >= 0.6 is 24.0 Å². The van der Waals surface area contributed by atoms with Crippen molar-refractivity contribution in [2.24, 2.45) is 5.10 Å². The van der Waals surface area contributed by atoms with Gasteiger partial charge in [-0.3, -0.25) is 15.5 Å². The van der Waals surface area contributed by atoms with Gasteiger partial charge in [-0.15, -0.1) is 6.58 Å². The summed E-state index contributed by atoms with van der Waals surface area (Å²) in [6, 6.07) is 12.8. The first-order valence-electron chi connectivity index (χ1n) is 7.70. The summed E-state index contributed by atoms with van der Waals surface area (Å²) in [7, 11) is 0. The second-order valence-corrected chi connectivity index (χ2v) is 6.79. The molecule has 26 heavy (non-hydrogen) atoms. The minimum absolute atomic E-state index is 0.0342. The summed E-state index contributed by atoms with van der Waals surface area (Å²) in [6.07, 6.45) is 3.15. The first kappa shape index (κ1) is 19.6.